The van der Waals surface area contributed by atoms with Gasteiger partial charge in [0.25, 0.3) is 0 Å². The summed E-state index contributed by atoms with van der Waals surface area (Å²) in [5, 5.41) is 16.8. The molecule has 6 heteroatoms. The second kappa shape index (κ2) is 6.20. The van der Waals surface area contributed by atoms with Crippen LogP contribution in [0.2, 0.25) is 0 Å². The summed E-state index contributed by atoms with van der Waals surface area (Å²) < 4.78 is 0. The average Bonchev–Trinajstić information content (AvgIpc) is 2.16. The Labute approximate surface area is 83.5 Å². The van der Waals surface area contributed by atoms with Gasteiger partial charge in [0.2, 0.25) is 5.91 Å². The molecule has 0 aliphatic heterocycles. The molecule has 0 radical (unpaired) electrons. The van der Waals surface area contributed by atoms with Gasteiger partial charge in [-0.05, 0) is 20.8 Å². The molecule has 2 unspecified atom stereocenters. The van der Waals surface area contributed by atoms with E-state index in [1.54, 1.807) is 13.8 Å². The fourth-order valence-corrected chi connectivity index (χ4v) is 0.950. The smallest absolute Gasteiger partial charge is 0.236 e. The van der Waals surface area contributed by atoms with Gasteiger partial charge in [-0.3, -0.25) is 10.1 Å². The van der Waals surface area contributed by atoms with Gasteiger partial charge < -0.3 is 16.3 Å². The van der Waals surface area contributed by atoms with Crippen LogP contribution in [-0.2, 0) is 4.79 Å². The van der Waals surface area contributed by atoms with Gasteiger partial charge in [0.15, 0.2) is 5.84 Å². The Morgan fingerprint density at radius 3 is 2.50 bits per heavy atom. The third kappa shape index (κ3) is 4.08. The number of nitrogens with one attached hydrogen (secondary N) is 2. The maximum atomic E-state index is 11.3. The molecular formula is C8H18N4O2. The number of likely N-dealkylation sites (N-methyl/N-ethyl adjacent to an activating group) is 1. The SMILES string of the molecule is CCNC(=O)C(C)NC(C)C(N)=NO. The minimum atomic E-state index is -0.370. The first-order valence-electron chi connectivity index (χ1n) is 4.54. The van der Waals surface area contributed by atoms with E-state index in [1.807, 2.05) is 6.92 Å². The maximum Gasteiger partial charge on any atom is 0.236 e. The summed E-state index contributed by atoms with van der Waals surface area (Å²) in [6.07, 6.45) is 0. The molecule has 2 atom stereocenters. The molecule has 6 nitrogen and oxygen atoms in total. The molecule has 82 valence electrons. The van der Waals surface area contributed by atoms with Crippen LogP contribution in [0.5, 0.6) is 0 Å². The van der Waals surface area contributed by atoms with E-state index in [9.17, 15) is 4.79 Å². The van der Waals surface area contributed by atoms with Crippen molar-refractivity contribution in [3.63, 3.8) is 0 Å². The van der Waals surface area contributed by atoms with Crippen molar-refractivity contribution >= 4 is 11.7 Å². The number of oxime groups is 1. The number of carbonyl (C=O) groups excluding carboxylic acids is 1. The molecule has 0 rings (SSSR count). The van der Waals surface area contributed by atoms with Crippen molar-refractivity contribution in [1.29, 1.82) is 0 Å². The number of rotatable bonds is 5. The van der Waals surface area contributed by atoms with Crippen molar-refractivity contribution in [2.24, 2.45) is 10.9 Å². The molecule has 0 saturated carbocycles. The molecule has 0 aliphatic rings. The van der Waals surface area contributed by atoms with Crippen molar-refractivity contribution in [3.05, 3.63) is 0 Å². The lowest BCUT2D eigenvalue weighted by Crippen LogP contribution is -2.50. The lowest BCUT2D eigenvalue weighted by atomic mass is 10.2. The maximum absolute atomic E-state index is 11.3. The number of nitrogens with zero attached hydrogens (tertiary/aromatic N) is 1. The van der Waals surface area contributed by atoms with Crippen LogP contribution in [0.15, 0.2) is 5.16 Å². The number of nitrogens with two attached hydrogens (primary N) is 1. The Morgan fingerprint density at radius 1 is 1.50 bits per heavy atom. The molecule has 0 heterocycles. The molecule has 0 aromatic rings. The molecule has 0 saturated heterocycles. The zero-order valence-electron chi connectivity index (χ0n) is 8.74. The van der Waals surface area contributed by atoms with E-state index in [-0.39, 0.29) is 23.8 Å². The highest BCUT2D eigenvalue weighted by Gasteiger charge is 2.16. The van der Waals surface area contributed by atoms with Gasteiger partial charge in [0, 0.05) is 6.54 Å². The summed E-state index contributed by atoms with van der Waals surface area (Å²) in [4.78, 5) is 11.3. The number of carbonyl (C=O) groups is 1. The number of amides is 1. The molecule has 0 bridgehead atoms. The Morgan fingerprint density at radius 2 is 2.07 bits per heavy atom. The third-order valence-corrected chi connectivity index (χ3v) is 1.80. The van der Waals surface area contributed by atoms with Gasteiger partial charge in [0.05, 0.1) is 12.1 Å². The Balaban J connectivity index is 4.05. The van der Waals surface area contributed by atoms with Gasteiger partial charge in [-0.15, -0.1) is 0 Å². The summed E-state index contributed by atoms with van der Waals surface area (Å²) in [7, 11) is 0. The van der Waals surface area contributed by atoms with Crippen LogP contribution in [0.4, 0.5) is 0 Å². The first kappa shape index (κ1) is 12.7. The van der Waals surface area contributed by atoms with Crippen molar-refractivity contribution in [3.8, 4) is 0 Å². The Kier molecular flexibility index (Phi) is 5.62. The van der Waals surface area contributed by atoms with Crippen LogP contribution in [0.3, 0.4) is 0 Å². The molecule has 5 N–H and O–H groups in total. The Bertz CT molecular complexity index is 217. The minimum absolute atomic E-state index is 0.0566. The van der Waals surface area contributed by atoms with Gasteiger partial charge >= 0.3 is 0 Å². The van der Waals surface area contributed by atoms with Crippen molar-refractivity contribution < 1.29 is 10.0 Å². The highest BCUT2D eigenvalue weighted by Crippen LogP contribution is 1.88. The topological polar surface area (TPSA) is 99.7 Å². The molecule has 0 aromatic heterocycles. The van der Waals surface area contributed by atoms with E-state index < -0.39 is 0 Å². The fraction of sp³-hybridized carbons (Fsp3) is 0.750. The Hall–Kier alpha value is -1.30. The number of amidine groups is 1. The number of hydrogen-bond donors (Lipinski definition) is 4. The zero-order valence-corrected chi connectivity index (χ0v) is 8.74. The van der Waals surface area contributed by atoms with E-state index in [2.05, 4.69) is 15.8 Å². The third-order valence-electron chi connectivity index (χ3n) is 1.80. The van der Waals surface area contributed by atoms with Gasteiger partial charge in [-0.1, -0.05) is 5.16 Å². The second-order valence-electron chi connectivity index (χ2n) is 3.03. The largest absolute Gasteiger partial charge is 0.409 e. The summed E-state index contributed by atoms with van der Waals surface area (Å²) in [5.41, 5.74) is 5.34. The standard InChI is InChI=1S/C8H18N4O2/c1-4-10-8(13)6(3)11-5(2)7(9)12-14/h5-6,11,14H,4H2,1-3H3,(H2,9,12)(H,10,13). The van der Waals surface area contributed by atoms with Crippen molar-refractivity contribution in [2.75, 3.05) is 6.54 Å². The van der Waals surface area contributed by atoms with E-state index >= 15 is 0 Å². The van der Waals surface area contributed by atoms with Gasteiger partial charge in [0.1, 0.15) is 0 Å². The highest BCUT2D eigenvalue weighted by atomic mass is 16.4. The molecule has 1 amide bonds. The normalized spacial score (nSPS) is 16.1. The summed E-state index contributed by atoms with van der Waals surface area (Å²) >= 11 is 0. The summed E-state index contributed by atoms with van der Waals surface area (Å²) in [6, 6.07) is -0.706. The van der Waals surface area contributed by atoms with Crippen LogP contribution in [0.1, 0.15) is 20.8 Å². The minimum Gasteiger partial charge on any atom is -0.409 e. The summed E-state index contributed by atoms with van der Waals surface area (Å²) in [5.74, 6) is -0.0498. The molecular weight excluding hydrogens is 184 g/mol. The fourth-order valence-electron chi connectivity index (χ4n) is 0.950. The first-order valence-corrected chi connectivity index (χ1v) is 4.54. The molecule has 0 spiro atoms. The predicted octanol–water partition coefficient (Wildman–Crippen LogP) is -0.764. The quantitative estimate of drug-likeness (QED) is 0.204. The van der Waals surface area contributed by atoms with E-state index in [0.717, 1.165) is 0 Å². The van der Waals surface area contributed by atoms with Crippen LogP contribution in [0, 0.1) is 0 Å². The van der Waals surface area contributed by atoms with E-state index in [4.69, 9.17) is 10.9 Å². The molecule has 14 heavy (non-hydrogen) atoms. The highest BCUT2D eigenvalue weighted by molar-refractivity contribution is 5.86. The lowest BCUT2D eigenvalue weighted by Gasteiger charge is -2.17. The van der Waals surface area contributed by atoms with Crippen molar-refractivity contribution in [1.82, 2.24) is 10.6 Å². The summed E-state index contributed by atoms with van der Waals surface area (Å²) in [6.45, 7) is 5.86. The monoisotopic (exact) mass is 202 g/mol. The van der Waals surface area contributed by atoms with Crippen LogP contribution in [-0.4, -0.2) is 35.6 Å². The van der Waals surface area contributed by atoms with Gasteiger partial charge in [-0.25, -0.2) is 0 Å². The van der Waals surface area contributed by atoms with E-state index in [1.165, 1.54) is 0 Å². The number of hydrogen-bond acceptors (Lipinski definition) is 4. The molecule has 0 aliphatic carbocycles. The average molecular weight is 202 g/mol. The zero-order chi connectivity index (χ0) is 11.1. The van der Waals surface area contributed by atoms with E-state index in [0.29, 0.717) is 6.54 Å². The van der Waals surface area contributed by atoms with Crippen LogP contribution in [0.25, 0.3) is 0 Å². The molecule has 0 fully saturated rings. The first-order chi connectivity index (χ1) is 6.52. The van der Waals surface area contributed by atoms with Gasteiger partial charge in [-0.2, -0.15) is 0 Å². The lowest BCUT2D eigenvalue weighted by molar-refractivity contribution is -0.122. The molecule has 0 aromatic carbocycles. The second-order valence-corrected chi connectivity index (χ2v) is 3.03. The van der Waals surface area contributed by atoms with Crippen molar-refractivity contribution in [2.45, 2.75) is 32.9 Å². The predicted molar refractivity (Wildman–Crippen MR) is 54.2 cm³/mol. The van der Waals surface area contributed by atoms with Crippen LogP contribution < -0.4 is 16.4 Å². The van der Waals surface area contributed by atoms with Crippen LogP contribution >= 0.6 is 0 Å².